The van der Waals surface area contributed by atoms with Gasteiger partial charge in [0.15, 0.2) is 0 Å². The van der Waals surface area contributed by atoms with Gasteiger partial charge in [-0.05, 0) is 0 Å². The number of rotatable bonds is 3. The van der Waals surface area contributed by atoms with E-state index < -0.39 is 0 Å². The molecule has 1 aromatic rings. The van der Waals surface area contributed by atoms with Crippen molar-refractivity contribution in [3.63, 3.8) is 0 Å². The van der Waals surface area contributed by atoms with Gasteiger partial charge in [-0.1, -0.05) is 0 Å². The summed E-state index contributed by atoms with van der Waals surface area (Å²) in [5.74, 6) is 2.62. The Labute approximate surface area is 135 Å². The molecule has 0 bridgehead atoms. The third kappa shape index (κ3) is 2.85. The summed E-state index contributed by atoms with van der Waals surface area (Å²) in [5.41, 5.74) is 0.421. The Morgan fingerprint density at radius 3 is 2.57 bits per heavy atom. The van der Waals surface area contributed by atoms with Gasteiger partial charge in [0.25, 0.3) is 0 Å². The molecule has 4 atom stereocenters. The van der Waals surface area contributed by atoms with Crippen LogP contribution in [0, 0.1) is 23.2 Å². The zero-order valence-corrected chi connectivity index (χ0v) is 15.1. The average molecular weight is 349 g/mol. The molecule has 0 radical (unpaired) electrons. The molecule has 21 heavy (non-hydrogen) atoms. The molecule has 0 saturated heterocycles. The van der Waals surface area contributed by atoms with Gasteiger partial charge in [-0.2, -0.15) is 0 Å². The first-order valence-corrected chi connectivity index (χ1v) is 10.1. The number of hydrogen-bond acceptors (Lipinski definition) is 1. The van der Waals surface area contributed by atoms with Crippen molar-refractivity contribution in [1.29, 1.82) is 0 Å². The second-order valence-electron chi connectivity index (χ2n) is 7.44. The number of carbonyl (C=O) groups excluding carboxylic acids is 1. The summed E-state index contributed by atoms with van der Waals surface area (Å²) < 4.78 is 1.39. The second-order valence-corrected chi connectivity index (χ2v) is 9.99. The molecule has 2 aliphatic carbocycles. The third-order valence-electron chi connectivity index (χ3n) is 5.76. The zero-order chi connectivity index (χ0) is 15.0. The molecular formula is C19H26OSe. The summed E-state index contributed by atoms with van der Waals surface area (Å²) in [6.45, 7) is 7.16. The van der Waals surface area contributed by atoms with Gasteiger partial charge in [-0.25, -0.2) is 0 Å². The van der Waals surface area contributed by atoms with E-state index in [4.69, 9.17) is 0 Å². The first-order chi connectivity index (χ1) is 10.0. The molecule has 1 aromatic carbocycles. The van der Waals surface area contributed by atoms with Crippen LogP contribution >= 0.6 is 0 Å². The molecule has 0 aliphatic heterocycles. The molecule has 2 saturated carbocycles. The van der Waals surface area contributed by atoms with Crippen LogP contribution in [-0.2, 0) is 4.79 Å². The van der Waals surface area contributed by atoms with E-state index in [2.05, 4.69) is 51.1 Å². The SMILES string of the molecule is CC(C)[C@@H]1CC[C@]2(C)CCC(=O)C([Se]c3ccccc3)[C@@H]12. The van der Waals surface area contributed by atoms with Crippen LogP contribution in [0.4, 0.5) is 0 Å². The van der Waals surface area contributed by atoms with Crippen LogP contribution in [0.1, 0.15) is 46.5 Å². The molecular weight excluding hydrogens is 323 g/mol. The predicted molar refractivity (Wildman–Crippen MR) is 89.0 cm³/mol. The van der Waals surface area contributed by atoms with Gasteiger partial charge in [0.05, 0.1) is 0 Å². The van der Waals surface area contributed by atoms with Crippen LogP contribution in [0.3, 0.4) is 0 Å². The van der Waals surface area contributed by atoms with E-state index >= 15 is 0 Å². The Kier molecular flexibility index (Phi) is 4.30. The molecule has 0 N–H and O–H groups in total. The van der Waals surface area contributed by atoms with Crippen LogP contribution < -0.4 is 4.46 Å². The van der Waals surface area contributed by atoms with Gasteiger partial charge in [-0.15, -0.1) is 0 Å². The van der Waals surface area contributed by atoms with Crippen LogP contribution in [0.15, 0.2) is 30.3 Å². The van der Waals surface area contributed by atoms with Gasteiger partial charge in [0.1, 0.15) is 0 Å². The van der Waals surface area contributed by atoms with Crippen LogP contribution in [0.25, 0.3) is 0 Å². The molecule has 2 heteroatoms. The first kappa shape index (κ1) is 15.3. The summed E-state index contributed by atoms with van der Waals surface area (Å²) >= 11 is 0.294. The fraction of sp³-hybridized carbons (Fsp3) is 0.632. The molecule has 0 spiro atoms. The fourth-order valence-corrected chi connectivity index (χ4v) is 7.74. The fourth-order valence-electron chi connectivity index (χ4n) is 4.53. The van der Waals surface area contributed by atoms with Gasteiger partial charge in [-0.3, -0.25) is 0 Å². The zero-order valence-electron chi connectivity index (χ0n) is 13.3. The topological polar surface area (TPSA) is 17.1 Å². The van der Waals surface area contributed by atoms with E-state index in [9.17, 15) is 4.79 Å². The van der Waals surface area contributed by atoms with Crippen molar-refractivity contribution in [1.82, 2.24) is 0 Å². The Morgan fingerprint density at radius 2 is 1.90 bits per heavy atom. The monoisotopic (exact) mass is 350 g/mol. The quantitative estimate of drug-likeness (QED) is 0.758. The van der Waals surface area contributed by atoms with E-state index in [-0.39, 0.29) is 0 Å². The van der Waals surface area contributed by atoms with Crippen molar-refractivity contribution in [2.24, 2.45) is 23.2 Å². The van der Waals surface area contributed by atoms with Gasteiger partial charge >= 0.3 is 135 Å². The average Bonchev–Trinajstić information content (AvgIpc) is 2.82. The van der Waals surface area contributed by atoms with Crippen LogP contribution in [0.2, 0.25) is 4.82 Å². The Morgan fingerprint density at radius 1 is 1.19 bits per heavy atom. The van der Waals surface area contributed by atoms with Crippen molar-refractivity contribution in [3.05, 3.63) is 30.3 Å². The van der Waals surface area contributed by atoms with Crippen molar-refractivity contribution in [2.75, 3.05) is 0 Å². The van der Waals surface area contributed by atoms with E-state index in [0.29, 0.717) is 42.8 Å². The third-order valence-corrected chi connectivity index (χ3v) is 8.60. The Hall–Kier alpha value is -0.591. The molecule has 3 rings (SSSR count). The van der Waals surface area contributed by atoms with E-state index in [1.165, 1.54) is 17.3 Å². The molecule has 0 aromatic heterocycles. The summed E-state index contributed by atoms with van der Waals surface area (Å²) in [6.07, 6.45) is 4.60. The van der Waals surface area contributed by atoms with Gasteiger partial charge < -0.3 is 0 Å². The van der Waals surface area contributed by atoms with E-state index in [1.807, 2.05) is 0 Å². The molecule has 1 nitrogen and oxygen atoms in total. The van der Waals surface area contributed by atoms with Crippen LogP contribution in [0.5, 0.6) is 0 Å². The number of carbonyl (C=O) groups is 1. The van der Waals surface area contributed by atoms with Crippen molar-refractivity contribution in [2.45, 2.75) is 51.3 Å². The van der Waals surface area contributed by atoms with E-state index in [1.54, 1.807) is 0 Å². The van der Waals surface area contributed by atoms with E-state index in [0.717, 1.165) is 18.8 Å². The molecule has 0 heterocycles. The van der Waals surface area contributed by atoms with Crippen molar-refractivity contribution >= 4 is 25.2 Å². The van der Waals surface area contributed by atoms with Crippen molar-refractivity contribution < 1.29 is 4.79 Å². The van der Waals surface area contributed by atoms with Gasteiger partial charge in [0, 0.05) is 0 Å². The molecule has 2 aliphatic rings. The van der Waals surface area contributed by atoms with Gasteiger partial charge in [0.2, 0.25) is 0 Å². The summed E-state index contributed by atoms with van der Waals surface area (Å²) in [6, 6.07) is 10.7. The standard InChI is InChI=1S/C19H26OSe/c1-13(2)15-9-11-19(3)12-10-16(20)18(17(15)19)21-14-7-5-4-6-8-14/h4-8,13,15,17-18H,9-12H2,1-3H3/t15-,17+,18?,19+/m0/s1. The summed E-state index contributed by atoms with van der Waals surface area (Å²) in [7, 11) is 0. The number of fused-ring (bicyclic) bond motifs is 1. The Bertz CT molecular complexity index is 510. The summed E-state index contributed by atoms with van der Waals surface area (Å²) in [4.78, 5) is 13.0. The second kappa shape index (κ2) is 5.89. The maximum absolute atomic E-state index is 12.7. The normalized spacial score (nSPS) is 36.0. The predicted octanol–water partition coefficient (Wildman–Crippen LogP) is 3.86. The molecule has 1 unspecified atom stereocenters. The first-order valence-electron chi connectivity index (χ1n) is 8.26. The number of ketones is 1. The minimum absolute atomic E-state index is 0.294. The minimum atomic E-state index is 0.294. The molecule has 2 fully saturated rings. The van der Waals surface area contributed by atoms with Crippen molar-refractivity contribution in [3.8, 4) is 0 Å². The molecule has 114 valence electrons. The number of hydrogen-bond donors (Lipinski definition) is 0. The maximum atomic E-state index is 12.7. The van der Waals surface area contributed by atoms with Crippen LogP contribution in [-0.4, -0.2) is 20.7 Å². The number of Topliss-reactive ketones (excluding diaryl/α,β-unsaturated/α-hetero) is 1. The number of benzene rings is 1. The molecule has 0 amide bonds. The summed E-state index contributed by atoms with van der Waals surface area (Å²) in [5, 5.41) is 0. The Balaban J connectivity index is 1.90.